The maximum Gasteiger partial charge on any atom is 0.308 e. The highest BCUT2D eigenvalue weighted by molar-refractivity contribution is 6.32. The molecular weight excluding hydrogens is 484 g/mol. The van der Waals surface area contributed by atoms with Crippen molar-refractivity contribution in [3.63, 3.8) is 0 Å². The van der Waals surface area contributed by atoms with E-state index in [9.17, 15) is 39.0 Å². The van der Waals surface area contributed by atoms with Crippen LogP contribution < -0.4 is 5.73 Å². The molecule has 198 valence electrons. The maximum absolute atomic E-state index is 14.0. The van der Waals surface area contributed by atoms with E-state index >= 15 is 0 Å². The zero-order valence-electron chi connectivity index (χ0n) is 21.1. The summed E-state index contributed by atoms with van der Waals surface area (Å²) < 4.78 is 5.83. The number of nitrogens with zero attached hydrogens (tertiary/aromatic N) is 1. The molecule has 0 aromatic heterocycles. The molecule has 0 aliphatic heterocycles. The van der Waals surface area contributed by atoms with Gasteiger partial charge in [0.2, 0.25) is 5.91 Å². The normalized spacial score (nSPS) is 35.2. The maximum atomic E-state index is 14.0. The summed E-state index contributed by atoms with van der Waals surface area (Å²) in [5.41, 5.74) is 2.60. The predicted molar refractivity (Wildman–Crippen MR) is 126 cm³/mol. The number of benzene rings is 1. The van der Waals surface area contributed by atoms with Crippen LogP contribution in [0.3, 0.4) is 0 Å². The number of primary amides is 1. The zero-order chi connectivity index (χ0) is 27.7. The Kier molecular flexibility index (Phi) is 6.36. The van der Waals surface area contributed by atoms with Crippen molar-refractivity contribution < 1.29 is 43.7 Å². The molecule has 4 rings (SSSR count). The molecule has 11 heteroatoms. The number of nitrogens with two attached hydrogens (primary N) is 1. The van der Waals surface area contributed by atoms with Crippen molar-refractivity contribution in [2.75, 3.05) is 14.1 Å². The third-order valence-electron chi connectivity index (χ3n) is 8.05. The Bertz CT molecular complexity index is 1240. The van der Waals surface area contributed by atoms with Crippen molar-refractivity contribution in [2.24, 2.45) is 35.3 Å². The third-order valence-corrected chi connectivity index (χ3v) is 8.05. The van der Waals surface area contributed by atoms with E-state index in [-0.39, 0.29) is 11.3 Å². The van der Waals surface area contributed by atoms with Crippen LogP contribution in [0.1, 0.15) is 42.6 Å². The monoisotopic (exact) mass is 514 g/mol. The molecule has 3 aliphatic carbocycles. The van der Waals surface area contributed by atoms with Gasteiger partial charge in [0.1, 0.15) is 11.9 Å². The first-order chi connectivity index (χ1) is 17.2. The molecular formula is C26H30N2O9. The molecule has 0 heterocycles. The number of aromatic hydroxyl groups is 1. The number of ketones is 4. The van der Waals surface area contributed by atoms with E-state index in [1.54, 1.807) is 26.8 Å². The number of Topliss-reactive ketones (excluding diaryl/α,β-unsaturated/α-hetero) is 4. The number of phenolic OH excluding ortho intramolecular Hbond substituents is 1. The van der Waals surface area contributed by atoms with Gasteiger partial charge >= 0.3 is 5.97 Å². The highest BCUT2D eigenvalue weighted by Crippen LogP contribution is 2.55. The molecule has 2 fully saturated rings. The van der Waals surface area contributed by atoms with Crippen molar-refractivity contribution >= 4 is 35.0 Å². The molecule has 0 saturated heterocycles. The molecule has 0 radical (unpaired) electrons. The van der Waals surface area contributed by atoms with Gasteiger partial charge in [-0.25, -0.2) is 0 Å². The molecule has 0 spiro atoms. The molecule has 4 N–H and O–H groups in total. The van der Waals surface area contributed by atoms with Crippen LogP contribution in [-0.4, -0.2) is 82.0 Å². The summed E-state index contributed by atoms with van der Waals surface area (Å²) in [4.78, 5) is 81.0. The summed E-state index contributed by atoms with van der Waals surface area (Å²) in [7, 11) is 2.91. The first kappa shape index (κ1) is 26.6. The number of carbonyl (C=O) groups excluding carboxylic acids is 6. The average Bonchev–Trinajstić information content (AvgIpc) is 2.80. The van der Waals surface area contributed by atoms with Crippen LogP contribution in [0.4, 0.5) is 0 Å². The molecule has 3 aliphatic rings. The van der Waals surface area contributed by atoms with Crippen LogP contribution in [0, 0.1) is 29.6 Å². The summed E-state index contributed by atoms with van der Waals surface area (Å²) >= 11 is 0. The second-order valence-corrected chi connectivity index (χ2v) is 10.7. The number of aliphatic hydroxyl groups is 1. The number of likely N-dealkylation sites (N-methyl/N-ethyl adjacent to an activating group) is 1. The molecule has 1 aromatic rings. The Morgan fingerprint density at radius 1 is 1.11 bits per heavy atom. The molecule has 1 aromatic carbocycles. The molecule has 1 amide bonds. The molecule has 2 unspecified atom stereocenters. The predicted octanol–water partition coefficient (Wildman–Crippen LogP) is -0.394. The lowest BCUT2D eigenvalue weighted by Crippen LogP contribution is -2.78. The van der Waals surface area contributed by atoms with Crippen molar-refractivity contribution in [2.45, 2.75) is 44.4 Å². The van der Waals surface area contributed by atoms with E-state index in [1.165, 1.54) is 31.1 Å². The van der Waals surface area contributed by atoms with Crippen LogP contribution in [-0.2, 0) is 28.7 Å². The van der Waals surface area contributed by atoms with Gasteiger partial charge in [-0.3, -0.25) is 33.7 Å². The van der Waals surface area contributed by atoms with Crippen molar-refractivity contribution in [1.82, 2.24) is 4.90 Å². The van der Waals surface area contributed by atoms with E-state index in [4.69, 9.17) is 10.5 Å². The lowest BCUT2D eigenvalue weighted by atomic mass is 9.49. The fourth-order valence-corrected chi connectivity index (χ4v) is 6.34. The number of amides is 1. The number of carbonyl (C=O) groups is 6. The van der Waals surface area contributed by atoms with Gasteiger partial charge in [0.05, 0.1) is 29.4 Å². The Hall–Kier alpha value is -3.44. The molecule has 11 nitrogen and oxygen atoms in total. The highest BCUT2D eigenvalue weighted by atomic mass is 16.5. The fourth-order valence-electron chi connectivity index (χ4n) is 6.34. The van der Waals surface area contributed by atoms with Crippen LogP contribution in [0.15, 0.2) is 18.2 Å². The quantitative estimate of drug-likeness (QED) is 0.353. The lowest BCUT2D eigenvalue weighted by Gasteiger charge is -2.56. The van der Waals surface area contributed by atoms with Gasteiger partial charge in [-0.2, -0.15) is 0 Å². The minimum Gasteiger partial charge on any atom is -0.507 e. The third kappa shape index (κ3) is 3.55. The average molecular weight is 515 g/mol. The van der Waals surface area contributed by atoms with Gasteiger partial charge in [0.15, 0.2) is 34.7 Å². The second kappa shape index (κ2) is 8.84. The van der Waals surface area contributed by atoms with Gasteiger partial charge < -0.3 is 20.7 Å². The Morgan fingerprint density at radius 2 is 1.73 bits per heavy atom. The smallest absolute Gasteiger partial charge is 0.308 e. The van der Waals surface area contributed by atoms with Gasteiger partial charge in [0.25, 0.3) is 0 Å². The summed E-state index contributed by atoms with van der Waals surface area (Å²) in [6.45, 7) is 4.80. The Balaban J connectivity index is 2.03. The minimum absolute atomic E-state index is 0.129. The number of hydrogen-bond donors (Lipinski definition) is 3. The summed E-state index contributed by atoms with van der Waals surface area (Å²) in [5, 5.41) is 22.3. The van der Waals surface area contributed by atoms with Gasteiger partial charge in [-0.15, -0.1) is 0 Å². The van der Waals surface area contributed by atoms with Gasteiger partial charge in [0, 0.05) is 5.92 Å². The molecule has 8 atom stereocenters. The number of ether oxygens (including phenoxy) is 1. The zero-order valence-corrected chi connectivity index (χ0v) is 21.1. The van der Waals surface area contributed by atoms with Gasteiger partial charge in [-0.05, 0) is 31.6 Å². The summed E-state index contributed by atoms with van der Waals surface area (Å²) in [5.74, 6) is -14.7. The number of rotatable bonds is 4. The number of esters is 1. The van der Waals surface area contributed by atoms with Crippen LogP contribution in [0.5, 0.6) is 5.75 Å². The first-order valence-electron chi connectivity index (χ1n) is 12.0. The standard InChI is InChI=1S/C26H30N2O9/c1-9(2)25(35)37-21-13-10(3)11-7-6-8-12(29)14(11)19(30)15(13)22(32)26(36)17(21)18(28(4)5)20(31)16(23(26)33)24(27)34/h6-10,13,15-18,21,29,36H,1-5H3,(H2,27,34)/t10-,13+,15?,16?,17+,18-,21-,26-/m1/s1. The van der Waals surface area contributed by atoms with Crippen LogP contribution in [0.25, 0.3) is 0 Å². The van der Waals surface area contributed by atoms with E-state index in [1.807, 2.05) is 0 Å². The van der Waals surface area contributed by atoms with Gasteiger partial charge in [-0.1, -0.05) is 32.9 Å². The SMILES string of the molecule is CC(C)C(=O)O[C@@H]1[C@@H]2C(C(=O)c3c(O)cccc3[C@H]2C)C(=O)[C@@]2(O)C(=O)C(C(N)=O)C(=O)[C@H](N(C)C)[C@@H]12. The van der Waals surface area contributed by atoms with Crippen LogP contribution in [0.2, 0.25) is 0 Å². The van der Waals surface area contributed by atoms with E-state index in [0.717, 1.165) is 0 Å². The number of fused-ring (bicyclic) bond motifs is 3. The number of phenols is 1. The molecule has 2 saturated carbocycles. The lowest BCUT2D eigenvalue weighted by molar-refractivity contribution is -0.206. The van der Waals surface area contributed by atoms with Crippen molar-refractivity contribution in [3.05, 3.63) is 29.3 Å². The first-order valence-corrected chi connectivity index (χ1v) is 12.0. The van der Waals surface area contributed by atoms with Crippen molar-refractivity contribution in [1.29, 1.82) is 0 Å². The largest absolute Gasteiger partial charge is 0.507 e. The molecule has 0 bridgehead atoms. The van der Waals surface area contributed by atoms with Crippen molar-refractivity contribution in [3.8, 4) is 5.75 Å². The van der Waals surface area contributed by atoms with Crippen LogP contribution >= 0.6 is 0 Å². The number of hydrogen-bond acceptors (Lipinski definition) is 10. The van der Waals surface area contributed by atoms with E-state index < -0.39 is 88.3 Å². The highest BCUT2D eigenvalue weighted by Gasteiger charge is 2.74. The Morgan fingerprint density at radius 3 is 2.27 bits per heavy atom. The molecule has 37 heavy (non-hydrogen) atoms. The summed E-state index contributed by atoms with van der Waals surface area (Å²) in [6.07, 6.45) is -1.44. The van der Waals surface area contributed by atoms with E-state index in [0.29, 0.717) is 5.56 Å². The summed E-state index contributed by atoms with van der Waals surface area (Å²) in [6, 6.07) is 3.00. The topological polar surface area (TPSA) is 181 Å². The second-order valence-electron chi connectivity index (χ2n) is 10.7. The Labute approximate surface area is 212 Å². The minimum atomic E-state index is -3.02. The van der Waals surface area contributed by atoms with E-state index in [2.05, 4.69) is 0 Å². The fraction of sp³-hybridized carbons (Fsp3) is 0.538.